The van der Waals surface area contributed by atoms with Crippen molar-refractivity contribution in [3.8, 4) is 0 Å². The number of hydrogen-bond acceptors (Lipinski definition) is 5. The van der Waals surface area contributed by atoms with Gasteiger partial charge in [0.2, 0.25) is 0 Å². The Kier molecular flexibility index (Phi) is 4.17. The summed E-state index contributed by atoms with van der Waals surface area (Å²) in [6, 6.07) is 0.443. The van der Waals surface area contributed by atoms with Crippen molar-refractivity contribution in [1.29, 1.82) is 0 Å². The number of nitrogens with zero attached hydrogens (tertiary/aromatic N) is 1. The van der Waals surface area contributed by atoms with Gasteiger partial charge < -0.3 is 10.1 Å². The molecule has 2 saturated heterocycles. The van der Waals surface area contributed by atoms with E-state index in [1.54, 1.807) is 11.3 Å². The zero-order valence-electron chi connectivity index (χ0n) is 11.6. The van der Waals surface area contributed by atoms with E-state index in [1.165, 1.54) is 34.9 Å². The normalized spacial score (nSPS) is 32.8. The topological polar surface area (TPSA) is 34.2 Å². The summed E-state index contributed by atoms with van der Waals surface area (Å²) in [5.41, 5.74) is 3.32. The third-order valence-electron chi connectivity index (χ3n) is 4.45. The van der Waals surface area contributed by atoms with Crippen LogP contribution in [-0.2, 0) is 4.74 Å². The number of aromatic nitrogens is 1. The van der Waals surface area contributed by atoms with Crippen molar-refractivity contribution in [1.82, 2.24) is 10.3 Å². The zero-order chi connectivity index (χ0) is 13.3. The Morgan fingerprint density at radius 2 is 2.47 bits per heavy atom. The lowest BCUT2D eigenvalue weighted by atomic mass is 9.80. The molecule has 0 aromatic carbocycles. The van der Waals surface area contributed by atoms with Crippen LogP contribution in [0, 0.1) is 12.8 Å². The molecule has 3 unspecified atom stereocenters. The summed E-state index contributed by atoms with van der Waals surface area (Å²) < 4.78 is 6.14. The summed E-state index contributed by atoms with van der Waals surface area (Å²) in [5.74, 6) is 3.12. The molecule has 2 aliphatic heterocycles. The maximum absolute atomic E-state index is 6.14. The van der Waals surface area contributed by atoms with E-state index in [1.807, 2.05) is 17.3 Å². The number of thiazole rings is 1. The Hall–Kier alpha value is -0.100. The highest BCUT2D eigenvalue weighted by Crippen LogP contribution is 2.44. The van der Waals surface area contributed by atoms with Crippen LogP contribution in [0.5, 0.6) is 0 Å². The van der Waals surface area contributed by atoms with Gasteiger partial charge in [0.05, 0.1) is 16.8 Å². The minimum Gasteiger partial charge on any atom is -0.374 e. The summed E-state index contributed by atoms with van der Waals surface area (Å²) in [7, 11) is 2.08. The summed E-state index contributed by atoms with van der Waals surface area (Å²) >= 11 is 3.83. The quantitative estimate of drug-likeness (QED) is 0.930. The van der Waals surface area contributed by atoms with E-state index in [0.717, 1.165) is 13.0 Å². The molecule has 0 radical (unpaired) electrons. The van der Waals surface area contributed by atoms with Crippen LogP contribution in [0.1, 0.15) is 35.9 Å². The predicted molar refractivity (Wildman–Crippen MR) is 82.0 cm³/mol. The van der Waals surface area contributed by atoms with Gasteiger partial charge in [-0.05, 0) is 44.9 Å². The summed E-state index contributed by atoms with van der Waals surface area (Å²) in [6.07, 6.45) is 3.59. The van der Waals surface area contributed by atoms with Gasteiger partial charge in [0.15, 0.2) is 0 Å². The van der Waals surface area contributed by atoms with Gasteiger partial charge in [0, 0.05) is 23.3 Å². The lowest BCUT2D eigenvalue weighted by Crippen LogP contribution is -2.43. The smallest absolute Gasteiger partial charge is 0.0798 e. The molecule has 3 nitrogen and oxygen atoms in total. The molecule has 0 aliphatic carbocycles. The molecule has 1 aromatic heterocycles. The van der Waals surface area contributed by atoms with Crippen LogP contribution in [0.2, 0.25) is 0 Å². The first-order chi connectivity index (χ1) is 9.24. The number of nitrogens with one attached hydrogen (secondary N) is 1. The van der Waals surface area contributed by atoms with E-state index in [9.17, 15) is 0 Å². The molecule has 106 valence electrons. The molecule has 1 N–H and O–H groups in total. The Morgan fingerprint density at radius 1 is 1.58 bits per heavy atom. The first-order valence-electron chi connectivity index (χ1n) is 7.03. The van der Waals surface area contributed by atoms with Gasteiger partial charge in [0.25, 0.3) is 0 Å². The fourth-order valence-corrected chi connectivity index (χ4v) is 5.79. The Balaban J connectivity index is 1.78. The van der Waals surface area contributed by atoms with E-state index in [-0.39, 0.29) is 5.60 Å². The van der Waals surface area contributed by atoms with Crippen molar-refractivity contribution in [3.05, 3.63) is 16.1 Å². The molecule has 2 fully saturated rings. The summed E-state index contributed by atoms with van der Waals surface area (Å²) in [4.78, 5) is 5.82. The van der Waals surface area contributed by atoms with Gasteiger partial charge in [-0.2, -0.15) is 11.8 Å². The molecule has 2 aliphatic rings. The Bertz CT molecular complexity index is 429. The molecular weight excluding hydrogens is 276 g/mol. The molecule has 3 heterocycles. The SMILES string of the molecule is CNC(c1scnc1C)C1CCOC2(CCSC2)C1. The second kappa shape index (κ2) is 5.72. The van der Waals surface area contributed by atoms with Gasteiger partial charge in [-0.25, -0.2) is 4.98 Å². The summed E-state index contributed by atoms with van der Waals surface area (Å²) in [5, 5.41) is 3.53. The predicted octanol–water partition coefficient (Wildman–Crippen LogP) is 3.01. The van der Waals surface area contributed by atoms with Crippen molar-refractivity contribution >= 4 is 23.1 Å². The average molecular weight is 298 g/mol. The van der Waals surface area contributed by atoms with Crippen molar-refractivity contribution in [2.75, 3.05) is 25.2 Å². The number of aryl methyl sites for hydroxylation is 1. The van der Waals surface area contributed by atoms with Gasteiger partial charge >= 0.3 is 0 Å². The molecule has 1 spiro atoms. The van der Waals surface area contributed by atoms with Crippen LogP contribution in [-0.4, -0.2) is 35.7 Å². The molecule has 19 heavy (non-hydrogen) atoms. The first-order valence-corrected chi connectivity index (χ1v) is 9.06. The third-order valence-corrected chi connectivity index (χ3v) is 6.68. The van der Waals surface area contributed by atoms with Gasteiger partial charge in [-0.3, -0.25) is 0 Å². The number of thioether (sulfide) groups is 1. The van der Waals surface area contributed by atoms with Crippen LogP contribution < -0.4 is 5.32 Å². The van der Waals surface area contributed by atoms with E-state index < -0.39 is 0 Å². The second-order valence-corrected chi connectivity index (χ2v) is 7.65. The van der Waals surface area contributed by atoms with Gasteiger partial charge in [-0.15, -0.1) is 11.3 Å². The molecular formula is C14H22N2OS2. The first kappa shape index (κ1) is 13.9. The minimum atomic E-state index is 0.168. The van der Waals surface area contributed by atoms with E-state index >= 15 is 0 Å². The fourth-order valence-electron chi connectivity index (χ4n) is 3.40. The maximum atomic E-state index is 6.14. The van der Waals surface area contributed by atoms with E-state index in [0.29, 0.717) is 12.0 Å². The van der Waals surface area contributed by atoms with E-state index in [4.69, 9.17) is 4.74 Å². The molecule has 0 saturated carbocycles. The van der Waals surface area contributed by atoms with Crippen molar-refractivity contribution in [2.45, 2.75) is 37.8 Å². The van der Waals surface area contributed by atoms with Crippen LogP contribution in [0.15, 0.2) is 5.51 Å². The highest BCUT2D eigenvalue weighted by Gasteiger charge is 2.42. The maximum Gasteiger partial charge on any atom is 0.0798 e. The van der Waals surface area contributed by atoms with Gasteiger partial charge in [-0.1, -0.05) is 0 Å². The highest BCUT2D eigenvalue weighted by molar-refractivity contribution is 7.99. The minimum absolute atomic E-state index is 0.168. The van der Waals surface area contributed by atoms with Crippen molar-refractivity contribution < 1.29 is 4.74 Å². The molecule has 3 rings (SSSR count). The standard InChI is InChI=1S/C14H22N2OS2/c1-10-13(19-9-16-10)12(15-2)11-3-5-17-14(7-11)4-6-18-8-14/h9,11-12,15H,3-8H2,1-2H3. The second-order valence-electron chi connectivity index (χ2n) is 5.66. The number of rotatable bonds is 3. The zero-order valence-corrected chi connectivity index (χ0v) is 13.3. The third kappa shape index (κ3) is 2.71. The number of ether oxygens (including phenoxy) is 1. The Morgan fingerprint density at radius 3 is 3.11 bits per heavy atom. The molecule has 1 aromatic rings. The van der Waals surface area contributed by atoms with Crippen molar-refractivity contribution in [3.63, 3.8) is 0 Å². The van der Waals surface area contributed by atoms with Crippen LogP contribution >= 0.6 is 23.1 Å². The molecule has 0 bridgehead atoms. The fraction of sp³-hybridized carbons (Fsp3) is 0.786. The lowest BCUT2D eigenvalue weighted by Gasteiger charge is -2.40. The molecule has 0 amide bonds. The van der Waals surface area contributed by atoms with Crippen molar-refractivity contribution in [2.24, 2.45) is 5.92 Å². The largest absolute Gasteiger partial charge is 0.374 e. The van der Waals surface area contributed by atoms with Crippen LogP contribution in [0.3, 0.4) is 0 Å². The van der Waals surface area contributed by atoms with Crippen LogP contribution in [0.4, 0.5) is 0 Å². The van der Waals surface area contributed by atoms with Gasteiger partial charge in [0.1, 0.15) is 0 Å². The monoisotopic (exact) mass is 298 g/mol. The molecule has 5 heteroatoms. The average Bonchev–Trinajstić information content (AvgIpc) is 3.02. The highest BCUT2D eigenvalue weighted by atomic mass is 32.2. The molecule has 3 atom stereocenters. The van der Waals surface area contributed by atoms with E-state index in [2.05, 4.69) is 24.3 Å². The lowest BCUT2D eigenvalue weighted by molar-refractivity contribution is -0.0849. The number of hydrogen-bond donors (Lipinski definition) is 1. The summed E-state index contributed by atoms with van der Waals surface area (Å²) in [6.45, 7) is 3.04. The van der Waals surface area contributed by atoms with Crippen LogP contribution in [0.25, 0.3) is 0 Å². The Labute approximate surface area is 123 Å².